The molecule has 16 bridgehead atoms. The number of nitrogens with one attached hydrogen (secondary N) is 4. The molecule has 27 nitrogen and oxygen atoms in total. The number of carboxylic acid groups (broad SMARTS) is 3. The zero-order valence-corrected chi connectivity index (χ0v) is 61.8. The summed E-state index contributed by atoms with van der Waals surface area (Å²) in [6, 6.07) is 15.8. The maximum absolute atomic E-state index is 12.9. The summed E-state index contributed by atoms with van der Waals surface area (Å²) in [7, 11) is 0. The van der Waals surface area contributed by atoms with Gasteiger partial charge in [0.2, 0.25) is 0 Å². The first kappa shape index (κ1) is 81.1. The third-order valence-corrected chi connectivity index (χ3v) is 18.7. The highest BCUT2D eigenvalue weighted by molar-refractivity contribution is 6.01. The predicted octanol–water partition coefficient (Wildman–Crippen LogP) is 16.1. The minimum absolute atomic E-state index is 0.0222. The number of aryl methyl sites for hydroxylation is 6. The molecule has 0 fully saturated rings. The van der Waals surface area contributed by atoms with E-state index in [1.54, 1.807) is 0 Å². The summed E-state index contributed by atoms with van der Waals surface area (Å²) >= 11 is 0. The molecule has 0 amide bonds. The van der Waals surface area contributed by atoms with Crippen LogP contribution >= 0.6 is 0 Å². The molecule has 10 rings (SSSR count). The lowest BCUT2D eigenvalue weighted by atomic mass is 10.00. The van der Waals surface area contributed by atoms with Gasteiger partial charge in [-0.3, -0.25) is 19.2 Å². The summed E-state index contributed by atoms with van der Waals surface area (Å²) in [5.41, 5.74) is 43.6. The Bertz CT molecular complexity index is 5050. The molecule has 0 saturated heterocycles. The summed E-state index contributed by atoms with van der Waals surface area (Å²) < 4.78 is 26.1. The van der Waals surface area contributed by atoms with Gasteiger partial charge in [-0.2, -0.15) is 0 Å². The number of allylic oxidation sites excluding steroid dienone is 10. The molecule has 107 heavy (non-hydrogen) atoms. The van der Waals surface area contributed by atoms with Crippen molar-refractivity contribution in [1.29, 1.82) is 0 Å². The van der Waals surface area contributed by atoms with Gasteiger partial charge in [0.25, 0.3) is 0 Å². The number of aromatic amines is 4. The van der Waals surface area contributed by atoms with Crippen LogP contribution in [0.5, 0.6) is 0 Å². The van der Waals surface area contributed by atoms with E-state index in [0.717, 1.165) is 156 Å². The summed E-state index contributed by atoms with van der Waals surface area (Å²) in [5, 5.41) is 43.5. The Labute approximate surface area is 619 Å². The van der Waals surface area contributed by atoms with Crippen LogP contribution in [0.15, 0.2) is 97.2 Å². The number of nitrogens with zero attached hydrogens (tertiary/aromatic N) is 10. The molecule has 0 spiro atoms. The molecular weight excluding hydrogens is 1360 g/mol. The van der Waals surface area contributed by atoms with Crippen LogP contribution in [-0.2, 0) is 55.7 Å². The number of hydrogen-bond donors (Lipinski definition) is 8. The van der Waals surface area contributed by atoms with Crippen molar-refractivity contribution in [3.05, 3.63) is 198 Å². The fraction of sp³-hybridized carbons (Fsp3) is 0.350. The lowest BCUT2D eigenvalue weighted by molar-refractivity contribution is -0.145. The van der Waals surface area contributed by atoms with Crippen LogP contribution < -0.4 is 0 Å². The number of aromatic nitrogens is 8. The first-order valence-electron chi connectivity index (χ1n) is 35.1. The van der Waals surface area contributed by atoms with Crippen molar-refractivity contribution in [1.82, 2.24) is 39.9 Å². The molecule has 0 saturated carbocycles. The van der Waals surface area contributed by atoms with Crippen molar-refractivity contribution in [2.24, 2.45) is 10.2 Å². The van der Waals surface area contributed by atoms with E-state index in [9.17, 15) is 34.5 Å². The monoisotopic (exact) mass is 1460 g/mol. The number of esters is 1. The van der Waals surface area contributed by atoms with Gasteiger partial charge in [-0.25, -0.2) is 19.9 Å². The van der Waals surface area contributed by atoms with Crippen molar-refractivity contribution in [2.45, 2.75) is 107 Å². The maximum Gasteiger partial charge on any atom is 0.306 e. The number of azide groups is 2. The minimum atomic E-state index is -0.893. The van der Waals surface area contributed by atoms with E-state index >= 15 is 0 Å². The van der Waals surface area contributed by atoms with Gasteiger partial charge in [0, 0.05) is 115 Å². The second kappa shape index (κ2) is 39.0. The zero-order valence-electron chi connectivity index (χ0n) is 61.8. The van der Waals surface area contributed by atoms with Crippen molar-refractivity contribution >= 4 is 125 Å². The fourth-order valence-corrected chi connectivity index (χ4v) is 12.8. The summed E-state index contributed by atoms with van der Waals surface area (Å²) in [6.45, 7) is 35.8. The van der Waals surface area contributed by atoms with Gasteiger partial charge >= 0.3 is 23.9 Å². The van der Waals surface area contributed by atoms with Gasteiger partial charge in [0.05, 0.1) is 105 Å². The highest BCUT2D eigenvalue weighted by atomic mass is 16.6. The van der Waals surface area contributed by atoms with E-state index in [0.29, 0.717) is 101 Å². The normalized spacial score (nSPS) is 12.4. The van der Waals surface area contributed by atoms with E-state index in [1.165, 1.54) is 0 Å². The number of aliphatic carboxylic acids is 3. The average Bonchev–Trinajstić information content (AvgIpc) is 1.62. The Kier molecular flexibility index (Phi) is 29.6. The summed E-state index contributed by atoms with van der Waals surface area (Å²) in [6.07, 6.45) is 8.65. The molecule has 4 aliphatic rings. The number of rotatable bonds is 33. The van der Waals surface area contributed by atoms with E-state index in [4.69, 9.17) is 59.8 Å². The van der Waals surface area contributed by atoms with Gasteiger partial charge in [0.1, 0.15) is 6.61 Å². The highest BCUT2D eigenvalue weighted by Crippen LogP contribution is 2.40. The van der Waals surface area contributed by atoms with Crippen LogP contribution in [-0.4, -0.2) is 163 Å². The SMILES string of the molecule is C=CC1=C(C)c2cc3nc(cc4[nH]c(cc5[nH]c(cc1n2)c(C)c5C=C)c(C)c4CCC(=O)O)C(CCC(=O)O)=C3C.C=CC1=C(C)c2cc3nc(cc4[nH]c(cc5[nH]c(cc1n2)c(C)c5C=C)c(C)c4CCC(=O)OCCOCCOCCN=[N+]=[N-])C(CCC(=O)O)=C3C.[N-]=[N+]=NCCOCCOCCO. The quantitative estimate of drug-likeness (QED) is 0.00624. The number of carboxylic acids is 3. The van der Waals surface area contributed by atoms with Crippen LogP contribution in [0.25, 0.3) is 122 Å². The van der Waals surface area contributed by atoms with Crippen molar-refractivity contribution in [3.63, 3.8) is 0 Å². The van der Waals surface area contributed by atoms with Crippen molar-refractivity contribution in [3.8, 4) is 0 Å². The first-order valence-corrected chi connectivity index (χ1v) is 35.1. The molecule has 10 heterocycles. The van der Waals surface area contributed by atoms with E-state index in [1.807, 2.05) is 128 Å². The van der Waals surface area contributed by atoms with Crippen LogP contribution in [0.2, 0.25) is 0 Å². The second-order valence-electron chi connectivity index (χ2n) is 25.4. The molecule has 6 aromatic heterocycles. The van der Waals surface area contributed by atoms with Gasteiger partial charge in [-0.1, -0.05) is 60.8 Å². The smallest absolute Gasteiger partial charge is 0.306 e. The Morgan fingerprint density at radius 2 is 0.757 bits per heavy atom. The number of aliphatic hydroxyl groups excluding tert-OH is 1. The van der Waals surface area contributed by atoms with Crippen molar-refractivity contribution in [2.75, 3.05) is 79.2 Å². The maximum atomic E-state index is 12.9. The molecular formula is C80H92N14O13. The number of hydrogen-bond acceptors (Lipinski definition) is 16. The molecule has 27 heteroatoms. The Morgan fingerprint density at radius 3 is 1.15 bits per heavy atom. The zero-order chi connectivity index (χ0) is 77.4. The van der Waals surface area contributed by atoms with Crippen molar-refractivity contribution < 1.29 is 63.3 Å². The molecule has 560 valence electrons. The number of fused-ring (bicyclic) bond motifs is 16. The third-order valence-electron chi connectivity index (χ3n) is 18.7. The highest BCUT2D eigenvalue weighted by Gasteiger charge is 2.25. The van der Waals surface area contributed by atoms with E-state index in [2.05, 4.69) is 66.3 Å². The molecule has 0 aliphatic carbocycles. The number of ether oxygens (including phenoxy) is 5. The molecule has 6 aromatic rings. The van der Waals surface area contributed by atoms with Gasteiger partial charge in [-0.15, -0.1) is 0 Å². The molecule has 0 aromatic carbocycles. The van der Waals surface area contributed by atoms with Crippen LogP contribution in [0.1, 0.15) is 156 Å². The Balaban J connectivity index is 0.000000238. The number of carbonyl (C=O) groups excluding carboxylic acids is 1. The lowest BCUT2D eigenvalue weighted by Crippen LogP contribution is -2.13. The number of carbonyl (C=O) groups is 4. The first-order chi connectivity index (χ1) is 51.5. The second-order valence-corrected chi connectivity index (χ2v) is 25.4. The average molecular weight is 1460 g/mol. The van der Waals surface area contributed by atoms with Crippen LogP contribution in [0.4, 0.5) is 0 Å². The molecule has 8 N–H and O–H groups in total. The molecule has 0 atom stereocenters. The predicted molar refractivity (Wildman–Crippen MR) is 419 cm³/mol. The minimum Gasteiger partial charge on any atom is -0.481 e. The summed E-state index contributed by atoms with van der Waals surface area (Å²) in [4.78, 5) is 87.0. The largest absolute Gasteiger partial charge is 0.481 e. The van der Waals surface area contributed by atoms with Gasteiger partial charge < -0.3 is 64.0 Å². The van der Waals surface area contributed by atoms with Gasteiger partial charge in [-0.05, 0) is 207 Å². The number of H-pyrrole nitrogens is 4. The lowest BCUT2D eigenvalue weighted by Gasteiger charge is -2.07. The molecule has 4 aliphatic heterocycles. The fourth-order valence-electron chi connectivity index (χ4n) is 12.8. The van der Waals surface area contributed by atoms with E-state index in [-0.39, 0.29) is 58.0 Å². The standard InChI is InChI=1S/C40H45N7O6.C34H34N4O4.C6H13N3O3/c1-7-27-23(3)31-19-32-25(5)29(9-11-39(48)49)37(45-32)22-38-30(10-12-40(50)53-18-17-52-16-15-51-14-13-42-47-41)26(6)34(46-38)21-36-28(8-2)24(4)33(44-36)20-35(27)43-31;1-7-21-17(3)25-13-26-19(5)23(9-11-33(39)40)31(37-26)16-32-24(10-12-34(41)42)20(6)28(38-32)15-30-22(8-2)18(4)27(36-30)14-29(21)35-25;7-9-8-1-3-11-5-6-12-4-2-10/h7-8,19-22,44,46H,1-2,9-18H2,3-6H3,(H,48,49);7-8,13-16,36,38H,1-2,9-12H2,3-6H3,(H,39,40)(H,41,42);10H,1-6H2. The van der Waals surface area contributed by atoms with Crippen LogP contribution in [0, 0.1) is 27.7 Å². The molecule has 0 radical (unpaired) electrons. The Morgan fingerprint density at radius 1 is 0.411 bits per heavy atom. The van der Waals surface area contributed by atoms with Crippen LogP contribution in [0.3, 0.4) is 0 Å². The topological polar surface area (TPSA) is 408 Å². The van der Waals surface area contributed by atoms with Gasteiger partial charge in [0.15, 0.2) is 0 Å². The third kappa shape index (κ3) is 20.7. The Hall–Kier alpha value is -11.5. The van der Waals surface area contributed by atoms with E-state index < -0.39 is 17.9 Å². The summed E-state index contributed by atoms with van der Waals surface area (Å²) in [5.74, 6) is -3.02. The molecule has 0 unspecified atom stereocenters. The number of aliphatic hydroxyl groups is 1.